The Morgan fingerprint density at radius 2 is 1.84 bits per heavy atom. The number of aromatic nitrogens is 3. The second-order valence-corrected chi connectivity index (χ2v) is 5.86. The number of benzene rings is 2. The number of hydrogen-bond acceptors (Lipinski definition) is 6. The molecule has 2 heterocycles. The molecule has 122 valence electrons. The van der Waals surface area contributed by atoms with Gasteiger partial charge in [0.05, 0.1) is 17.4 Å². The number of anilines is 3. The number of hydrogen-bond donors (Lipinski definition) is 1. The smallest absolute Gasteiger partial charge is 0.249 e. The molecule has 0 aliphatic carbocycles. The zero-order chi connectivity index (χ0) is 17.1. The molecule has 2 aromatic carbocycles. The van der Waals surface area contributed by atoms with E-state index in [2.05, 4.69) is 55.7 Å². The van der Waals surface area contributed by atoms with Crippen LogP contribution in [0.1, 0.15) is 16.7 Å². The van der Waals surface area contributed by atoms with Crippen molar-refractivity contribution < 1.29 is 0 Å². The lowest BCUT2D eigenvalue weighted by Crippen LogP contribution is -2.31. The Bertz CT molecular complexity index is 946. The van der Waals surface area contributed by atoms with E-state index in [1.54, 1.807) is 12.3 Å². The van der Waals surface area contributed by atoms with Gasteiger partial charge in [0.25, 0.3) is 0 Å². The Kier molecular flexibility index (Phi) is 3.97. The maximum absolute atomic E-state index is 9.19. The van der Waals surface area contributed by atoms with Gasteiger partial charge in [-0.2, -0.15) is 15.3 Å². The van der Waals surface area contributed by atoms with Crippen molar-refractivity contribution in [1.82, 2.24) is 15.2 Å². The number of nitriles is 1. The lowest BCUT2D eigenvalue weighted by atomic mass is 10.0. The predicted molar refractivity (Wildman–Crippen MR) is 95.5 cm³/mol. The molecule has 1 aliphatic rings. The summed E-state index contributed by atoms with van der Waals surface area (Å²) in [4.78, 5) is 6.76. The molecule has 25 heavy (non-hydrogen) atoms. The first kappa shape index (κ1) is 15.1. The number of rotatable bonds is 3. The fourth-order valence-corrected chi connectivity index (χ4v) is 3.00. The van der Waals surface area contributed by atoms with Crippen molar-refractivity contribution in [2.45, 2.75) is 13.0 Å². The van der Waals surface area contributed by atoms with Gasteiger partial charge in [0.15, 0.2) is 5.82 Å². The van der Waals surface area contributed by atoms with Gasteiger partial charge in [0.1, 0.15) is 6.07 Å². The van der Waals surface area contributed by atoms with E-state index in [-0.39, 0.29) is 0 Å². The van der Waals surface area contributed by atoms with Crippen molar-refractivity contribution in [1.29, 1.82) is 5.26 Å². The predicted octanol–water partition coefficient (Wildman–Crippen LogP) is 3.05. The Hall–Kier alpha value is -3.46. The maximum Gasteiger partial charge on any atom is 0.249 e. The molecule has 4 rings (SSSR count). The normalized spacial score (nSPS) is 13.0. The van der Waals surface area contributed by atoms with Crippen LogP contribution in [0.3, 0.4) is 0 Å². The van der Waals surface area contributed by atoms with Crippen LogP contribution in [0.25, 0.3) is 0 Å². The van der Waals surface area contributed by atoms with E-state index in [1.165, 1.54) is 11.1 Å². The van der Waals surface area contributed by atoms with Gasteiger partial charge in [0.2, 0.25) is 5.95 Å². The van der Waals surface area contributed by atoms with Crippen molar-refractivity contribution in [2.75, 3.05) is 16.8 Å². The molecule has 1 aliphatic heterocycles. The standard InChI is InChI=1S/C19H16N6/c20-11-15-6-3-4-8-17(15)22-19-23-18(12-21-24-19)25-10-9-14-5-1-2-7-16(14)13-25/h1-8,12H,9-10,13H2,(H,22,23,24). The van der Waals surface area contributed by atoms with Gasteiger partial charge in [-0.15, -0.1) is 5.10 Å². The number of fused-ring (bicyclic) bond motifs is 1. The molecule has 0 fully saturated rings. The molecule has 0 atom stereocenters. The third-order valence-electron chi connectivity index (χ3n) is 4.29. The second-order valence-electron chi connectivity index (χ2n) is 5.86. The Labute approximate surface area is 145 Å². The van der Waals surface area contributed by atoms with Crippen LogP contribution >= 0.6 is 0 Å². The highest BCUT2D eigenvalue weighted by Crippen LogP contribution is 2.24. The van der Waals surface area contributed by atoms with Gasteiger partial charge in [-0.3, -0.25) is 0 Å². The van der Waals surface area contributed by atoms with Crippen molar-refractivity contribution in [3.63, 3.8) is 0 Å². The molecular formula is C19H16N6. The van der Waals surface area contributed by atoms with Gasteiger partial charge < -0.3 is 10.2 Å². The lowest BCUT2D eigenvalue weighted by molar-refractivity contribution is 0.715. The van der Waals surface area contributed by atoms with E-state index in [0.717, 1.165) is 25.3 Å². The first-order chi connectivity index (χ1) is 12.3. The molecule has 0 radical (unpaired) electrons. The Balaban J connectivity index is 1.57. The number of nitrogens with zero attached hydrogens (tertiary/aromatic N) is 5. The first-order valence-electron chi connectivity index (χ1n) is 8.11. The van der Waals surface area contributed by atoms with Crippen molar-refractivity contribution in [3.8, 4) is 6.07 Å². The molecule has 1 N–H and O–H groups in total. The largest absolute Gasteiger partial charge is 0.350 e. The molecule has 0 saturated heterocycles. The minimum absolute atomic E-state index is 0.388. The van der Waals surface area contributed by atoms with Crippen molar-refractivity contribution in [3.05, 3.63) is 71.4 Å². The average Bonchev–Trinajstić information content (AvgIpc) is 2.68. The van der Waals surface area contributed by atoms with E-state index in [9.17, 15) is 5.26 Å². The molecule has 1 aromatic heterocycles. The topological polar surface area (TPSA) is 77.7 Å². The van der Waals surface area contributed by atoms with Gasteiger partial charge >= 0.3 is 0 Å². The van der Waals surface area contributed by atoms with Gasteiger partial charge in [-0.1, -0.05) is 36.4 Å². The summed E-state index contributed by atoms with van der Waals surface area (Å²) in [6, 6.07) is 17.9. The summed E-state index contributed by atoms with van der Waals surface area (Å²) >= 11 is 0. The van der Waals surface area contributed by atoms with Crippen LogP contribution in [0.2, 0.25) is 0 Å². The fraction of sp³-hybridized carbons (Fsp3) is 0.158. The fourth-order valence-electron chi connectivity index (χ4n) is 3.00. The quantitative estimate of drug-likeness (QED) is 0.796. The Morgan fingerprint density at radius 1 is 1.04 bits per heavy atom. The van der Waals surface area contributed by atoms with Crippen molar-refractivity contribution in [2.24, 2.45) is 0 Å². The summed E-state index contributed by atoms with van der Waals surface area (Å²) in [7, 11) is 0. The lowest BCUT2D eigenvalue weighted by Gasteiger charge is -2.29. The van der Waals surface area contributed by atoms with Crippen LogP contribution < -0.4 is 10.2 Å². The summed E-state index contributed by atoms with van der Waals surface area (Å²) in [6.07, 6.45) is 2.66. The zero-order valence-corrected chi connectivity index (χ0v) is 13.6. The molecule has 6 nitrogen and oxygen atoms in total. The van der Waals surface area contributed by atoms with Crippen LogP contribution in [0.4, 0.5) is 17.5 Å². The highest BCUT2D eigenvalue weighted by Gasteiger charge is 2.18. The van der Waals surface area contributed by atoms with Gasteiger partial charge in [-0.25, -0.2) is 0 Å². The number of para-hydroxylation sites is 1. The van der Waals surface area contributed by atoms with Gasteiger partial charge in [0, 0.05) is 13.1 Å². The van der Waals surface area contributed by atoms with Crippen molar-refractivity contribution >= 4 is 17.5 Å². The van der Waals surface area contributed by atoms with Gasteiger partial charge in [-0.05, 0) is 29.7 Å². The van der Waals surface area contributed by atoms with E-state index < -0.39 is 0 Å². The molecular weight excluding hydrogens is 312 g/mol. The minimum Gasteiger partial charge on any atom is -0.350 e. The van der Waals surface area contributed by atoms with Crippen LogP contribution in [-0.2, 0) is 13.0 Å². The second kappa shape index (κ2) is 6.57. The molecule has 3 aromatic rings. The summed E-state index contributed by atoms with van der Waals surface area (Å²) < 4.78 is 0. The summed E-state index contributed by atoms with van der Waals surface area (Å²) in [5.41, 5.74) is 3.93. The van der Waals surface area contributed by atoms with Crippen LogP contribution in [0, 0.1) is 11.3 Å². The highest BCUT2D eigenvalue weighted by atomic mass is 15.3. The molecule has 6 heteroatoms. The molecule has 0 spiro atoms. The summed E-state index contributed by atoms with van der Waals surface area (Å²) in [5, 5.41) is 20.4. The van der Waals surface area contributed by atoms with E-state index in [0.29, 0.717) is 17.2 Å². The van der Waals surface area contributed by atoms with E-state index in [1.807, 2.05) is 18.2 Å². The molecule has 0 amide bonds. The summed E-state index contributed by atoms with van der Waals surface area (Å²) in [6.45, 7) is 1.70. The zero-order valence-electron chi connectivity index (χ0n) is 13.6. The SMILES string of the molecule is N#Cc1ccccc1Nc1nncc(N2CCc3ccccc3C2)n1. The van der Waals surface area contributed by atoms with Crippen LogP contribution in [-0.4, -0.2) is 21.7 Å². The summed E-state index contributed by atoms with van der Waals surface area (Å²) in [5.74, 6) is 1.17. The Morgan fingerprint density at radius 3 is 2.72 bits per heavy atom. The monoisotopic (exact) mass is 328 g/mol. The van der Waals surface area contributed by atoms with E-state index >= 15 is 0 Å². The average molecular weight is 328 g/mol. The minimum atomic E-state index is 0.388. The van der Waals surface area contributed by atoms with Crippen LogP contribution in [0.5, 0.6) is 0 Å². The molecule has 0 saturated carbocycles. The third-order valence-corrected chi connectivity index (χ3v) is 4.29. The number of nitrogens with one attached hydrogen (secondary N) is 1. The third kappa shape index (κ3) is 3.12. The van der Waals surface area contributed by atoms with E-state index in [4.69, 9.17) is 0 Å². The maximum atomic E-state index is 9.19. The van der Waals surface area contributed by atoms with Crippen LogP contribution in [0.15, 0.2) is 54.7 Å². The first-order valence-corrected chi connectivity index (χ1v) is 8.11. The molecule has 0 bridgehead atoms. The highest BCUT2D eigenvalue weighted by molar-refractivity contribution is 5.63. The molecule has 0 unspecified atom stereocenters.